The molecule has 0 N–H and O–H groups in total. The van der Waals surface area contributed by atoms with Crippen LogP contribution >= 0.6 is 12.6 Å². The molecule has 0 radical (unpaired) electrons. The van der Waals surface area contributed by atoms with Crippen LogP contribution in [0.3, 0.4) is 0 Å². The first-order chi connectivity index (χ1) is 11.3. The third kappa shape index (κ3) is 3.58. The van der Waals surface area contributed by atoms with Crippen molar-refractivity contribution in [2.45, 2.75) is 45.2 Å². The van der Waals surface area contributed by atoms with E-state index in [0.717, 1.165) is 16.6 Å². The molecule has 0 atom stereocenters. The highest BCUT2D eigenvalue weighted by Crippen LogP contribution is 2.39. The van der Waals surface area contributed by atoms with Crippen LogP contribution in [-0.2, 0) is 18.8 Å². The topological polar surface area (TPSA) is 36.9 Å². The summed E-state index contributed by atoms with van der Waals surface area (Å²) >= 11 is 4.47. The van der Waals surface area contributed by atoms with Crippen molar-refractivity contribution in [3.05, 3.63) is 40.9 Å². The summed E-state index contributed by atoms with van der Waals surface area (Å²) in [6.45, 7) is 9.50. The van der Waals surface area contributed by atoms with E-state index in [4.69, 9.17) is 18.8 Å². The molecule has 3 rings (SSSR count). The van der Waals surface area contributed by atoms with Gasteiger partial charge in [0.15, 0.2) is 6.29 Å². The second-order valence-electron chi connectivity index (χ2n) is 7.21. The van der Waals surface area contributed by atoms with Gasteiger partial charge in [-0.3, -0.25) is 0 Å². The molecule has 2 aliphatic heterocycles. The van der Waals surface area contributed by atoms with Crippen molar-refractivity contribution < 1.29 is 18.8 Å². The van der Waals surface area contributed by atoms with Crippen molar-refractivity contribution in [3.63, 3.8) is 0 Å². The van der Waals surface area contributed by atoms with E-state index in [-0.39, 0.29) is 24.6 Å². The molecule has 0 bridgehead atoms. The monoisotopic (exact) mass is 348 g/mol. The van der Waals surface area contributed by atoms with Gasteiger partial charge in [-0.1, -0.05) is 24.3 Å². The second-order valence-corrected chi connectivity index (χ2v) is 7.53. The molecule has 0 amide bonds. The number of rotatable bonds is 4. The van der Waals surface area contributed by atoms with Crippen LogP contribution in [0, 0.1) is 0 Å². The van der Waals surface area contributed by atoms with Gasteiger partial charge in [-0.05, 0) is 44.8 Å². The van der Waals surface area contributed by atoms with E-state index in [1.165, 1.54) is 0 Å². The Hall–Kier alpha value is -0.785. The molecular formula is C18H25BO4S. The van der Waals surface area contributed by atoms with Gasteiger partial charge < -0.3 is 18.8 Å². The number of thiol groups is 1. The van der Waals surface area contributed by atoms with Gasteiger partial charge in [-0.15, -0.1) is 0 Å². The number of benzene rings is 1. The molecular weight excluding hydrogens is 323 g/mol. The van der Waals surface area contributed by atoms with Crippen LogP contribution in [0.15, 0.2) is 29.7 Å². The normalized spacial score (nSPS) is 23.9. The smallest absolute Gasteiger partial charge is 0.400 e. The summed E-state index contributed by atoms with van der Waals surface area (Å²) in [5.74, 6) is 0.567. The van der Waals surface area contributed by atoms with Gasteiger partial charge in [0, 0.05) is 11.3 Å². The Morgan fingerprint density at radius 3 is 2.38 bits per heavy atom. The highest BCUT2D eigenvalue weighted by Gasteiger charge is 2.52. The first-order valence-corrected chi connectivity index (χ1v) is 8.96. The van der Waals surface area contributed by atoms with Crippen LogP contribution in [0.4, 0.5) is 0 Å². The zero-order valence-electron chi connectivity index (χ0n) is 14.7. The van der Waals surface area contributed by atoms with Gasteiger partial charge in [-0.25, -0.2) is 0 Å². The summed E-state index contributed by atoms with van der Waals surface area (Å²) in [5, 5.41) is 0. The summed E-state index contributed by atoms with van der Waals surface area (Å²) in [7, 11) is -0.380. The average molecular weight is 348 g/mol. The van der Waals surface area contributed by atoms with Crippen LogP contribution < -0.4 is 0 Å². The summed E-state index contributed by atoms with van der Waals surface area (Å²) < 4.78 is 23.4. The predicted octanol–water partition coefficient (Wildman–Crippen LogP) is 3.68. The molecule has 0 spiro atoms. The van der Waals surface area contributed by atoms with E-state index in [9.17, 15) is 0 Å². The first kappa shape index (κ1) is 18.0. The fraction of sp³-hybridized carbons (Fsp3) is 0.556. The van der Waals surface area contributed by atoms with E-state index in [1.807, 2.05) is 18.2 Å². The zero-order valence-corrected chi connectivity index (χ0v) is 15.6. The second kappa shape index (κ2) is 6.85. The fourth-order valence-electron chi connectivity index (χ4n) is 2.74. The van der Waals surface area contributed by atoms with E-state index < -0.39 is 0 Å². The third-order valence-electron chi connectivity index (χ3n) is 4.90. The van der Waals surface area contributed by atoms with E-state index in [2.05, 4.69) is 52.5 Å². The van der Waals surface area contributed by atoms with Crippen LogP contribution in [-0.4, -0.2) is 37.3 Å². The Morgan fingerprint density at radius 2 is 1.79 bits per heavy atom. The maximum Gasteiger partial charge on any atom is 0.491 e. The summed E-state index contributed by atoms with van der Waals surface area (Å²) in [5.41, 5.74) is 2.38. The van der Waals surface area contributed by atoms with Gasteiger partial charge in [0.25, 0.3) is 0 Å². The molecule has 2 heterocycles. The maximum absolute atomic E-state index is 6.13. The lowest BCUT2D eigenvalue weighted by Gasteiger charge is -2.32. The first-order valence-electron chi connectivity index (χ1n) is 8.32. The molecule has 1 aromatic rings. The van der Waals surface area contributed by atoms with Crippen molar-refractivity contribution in [1.29, 1.82) is 0 Å². The third-order valence-corrected chi connectivity index (χ3v) is 5.26. The van der Waals surface area contributed by atoms with Gasteiger partial charge in [0.2, 0.25) is 0 Å². The van der Waals surface area contributed by atoms with Crippen molar-refractivity contribution in [1.82, 2.24) is 0 Å². The molecule has 24 heavy (non-hydrogen) atoms. The standard InChI is InChI=1S/C18H25BO4S/c1-17(2)18(3,4)23-19(22-17)15(12-24)11-13-6-5-7-14(10-13)16-20-8-9-21-16/h5-7,10-11,16,24H,8-9,12H2,1-4H3. The molecule has 0 saturated carbocycles. The van der Waals surface area contributed by atoms with Crippen LogP contribution in [0.2, 0.25) is 0 Å². The predicted molar refractivity (Wildman–Crippen MR) is 99.0 cm³/mol. The lowest BCUT2D eigenvalue weighted by molar-refractivity contribution is -0.0441. The van der Waals surface area contributed by atoms with Crippen LogP contribution in [0.25, 0.3) is 6.08 Å². The highest BCUT2D eigenvalue weighted by molar-refractivity contribution is 7.80. The van der Waals surface area contributed by atoms with Gasteiger partial charge in [0.05, 0.1) is 24.4 Å². The number of ether oxygens (including phenoxy) is 2. The molecule has 130 valence electrons. The van der Waals surface area contributed by atoms with Gasteiger partial charge in [0.1, 0.15) is 0 Å². The minimum absolute atomic E-state index is 0.269. The lowest BCUT2D eigenvalue weighted by atomic mass is 9.78. The van der Waals surface area contributed by atoms with Crippen molar-refractivity contribution in [3.8, 4) is 0 Å². The van der Waals surface area contributed by atoms with E-state index in [1.54, 1.807) is 0 Å². The van der Waals surface area contributed by atoms with Crippen LogP contribution in [0.1, 0.15) is 45.1 Å². The highest BCUT2D eigenvalue weighted by atomic mass is 32.1. The SMILES string of the molecule is CC1(C)OB(C(=Cc2cccc(C3OCCO3)c2)CS)OC1(C)C. The van der Waals surface area contributed by atoms with E-state index in [0.29, 0.717) is 19.0 Å². The minimum Gasteiger partial charge on any atom is -0.400 e. The Balaban J connectivity index is 1.82. The van der Waals surface area contributed by atoms with Crippen LogP contribution in [0.5, 0.6) is 0 Å². The molecule has 0 aliphatic carbocycles. The molecule has 0 unspecified atom stereocenters. The maximum atomic E-state index is 6.13. The van der Waals surface area contributed by atoms with Gasteiger partial charge >= 0.3 is 7.12 Å². The fourth-order valence-corrected chi connectivity index (χ4v) is 2.98. The minimum atomic E-state index is -0.380. The average Bonchev–Trinajstić information content (AvgIpc) is 3.12. The summed E-state index contributed by atoms with van der Waals surface area (Å²) in [4.78, 5) is 0. The molecule has 4 nitrogen and oxygen atoms in total. The Bertz CT molecular complexity index is 607. The number of hydrogen-bond acceptors (Lipinski definition) is 5. The molecule has 2 saturated heterocycles. The quantitative estimate of drug-likeness (QED) is 0.665. The summed E-state index contributed by atoms with van der Waals surface area (Å²) in [6, 6.07) is 8.15. The van der Waals surface area contributed by atoms with E-state index >= 15 is 0 Å². The Kier molecular flexibility index (Phi) is 5.14. The molecule has 0 aromatic heterocycles. The molecule has 2 fully saturated rings. The molecule has 6 heteroatoms. The van der Waals surface area contributed by atoms with Crippen molar-refractivity contribution in [2.24, 2.45) is 0 Å². The summed E-state index contributed by atoms with van der Waals surface area (Å²) in [6.07, 6.45) is 1.81. The lowest BCUT2D eigenvalue weighted by Crippen LogP contribution is -2.41. The zero-order chi connectivity index (χ0) is 17.4. The molecule has 1 aromatic carbocycles. The van der Waals surface area contributed by atoms with Gasteiger partial charge in [-0.2, -0.15) is 12.6 Å². The Labute approximate surface area is 150 Å². The van der Waals surface area contributed by atoms with Crippen molar-refractivity contribution in [2.75, 3.05) is 19.0 Å². The molecule has 2 aliphatic rings. The Morgan fingerprint density at radius 1 is 1.17 bits per heavy atom. The van der Waals surface area contributed by atoms with Crippen molar-refractivity contribution >= 4 is 25.8 Å². The largest absolute Gasteiger partial charge is 0.491 e. The number of hydrogen-bond donors (Lipinski definition) is 1.